The fourth-order valence-electron chi connectivity index (χ4n) is 4.45. The van der Waals surface area contributed by atoms with Crippen LogP contribution in [0.3, 0.4) is 0 Å². The smallest absolute Gasteiger partial charge is 0.312 e. The summed E-state index contributed by atoms with van der Waals surface area (Å²) in [6, 6.07) is 7.58. The van der Waals surface area contributed by atoms with Crippen molar-refractivity contribution < 1.29 is 19.4 Å². The molecule has 1 saturated heterocycles. The number of aliphatic carboxylic acids is 1. The number of amides is 1. The van der Waals surface area contributed by atoms with E-state index in [1.165, 1.54) is 0 Å². The number of carbonyl (C=O) groups is 2. The van der Waals surface area contributed by atoms with E-state index in [1.54, 1.807) is 11.1 Å². The lowest BCUT2D eigenvalue weighted by Gasteiger charge is -2.27. The second-order valence-corrected chi connectivity index (χ2v) is 7.67. The molecule has 1 N–H and O–H groups in total. The molecule has 0 saturated carbocycles. The first-order valence-corrected chi connectivity index (χ1v) is 9.75. The number of fused-ring (bicyclic) bond motifs is 2. The van der Waals surface area contributed by atoms with Crippen LogP contribution in [0.25, 0.3) is 0 Å². The Morgan fingerprint density at radius 2 is 2.18 bits per heavy atom. The van der Waals surface area contributed by atoms with E-state index in [2.05, 4.69) is 4.98 Å². The molecule has 0 bridgehead atoms. The average molecular weight is 383 g/mol. The summed E-state index contributed by atoms with van der Waals surface area (Å²) in [6.07, 6.45) is 5.15. The molecule has 0 radical (unpaired) electrons. The van der Waals surface area contributed by atoms with Crippen molar-refractivity contribution in [2.24, 2.45) is 11.3 Å². The summed E-state index contributed by atoms with van der Waals surface area (Å²) in [6.45, 7) is 3.55. The molecule has 1 fully saturated rings. The van der Waals surface area contributed by atoms with E-state index >= 15 is 0 Å². The molecule has 0 unspecified atom stereocenters. The van der Waals surface area contributed by atoms with Gasteiger partial charge in [0.15, 0.2) is 0 Å². The van der Waals surface area contributed by atoms with Crippen LogP contribution in [0.1, 0.15) is 24.7 Å². The molecule has 3 heterocycles. The number of aromatic nitrogens is 2. The largest absolute Gasteiger partial charge is 0.493 e. The number of imidazole rings is 1. The van der Waals surface area contributed by atoms with Gasteiger partial charge in [-0.1, -0.05) is 25.1 Å². The maximum atomic E-state index is 12.8. The van der Waals surface area contributed by atoms with Gasteiger partial charge in [0.05, 0.1) is 12.0 Å². The third-order valence-corrected chi connectivity index (χ3v) is 6.08. The van der Waals surface area contributed by atoms with E-state index in [1.807, 2.05) is 42.0 Å². The number of carboxylic acids is 1. The number of hydrogen-bond acceptors (Lipinski definition) is 4. The molecule has 1 aromatic heterocycles. The van der Waals surface area contributed by atoms with Crippen molar-refractivity contribution in [3.8, 4) is 5.75 Å². The third kappa shape index (κ3) is 3.15. The fourth-order valence-corrected chi connectivity index (χ4v) is 4.45. The minimum atomic E-state index is -0.994. The average Bonchev–Trinajstić information content (AvgIpc) is 3.27. The molecule has 1 amide bonds. The van der Waals surface area contributed by atoms with Crippen molar-refractivity contribution in [2.45, 2.75) is 32.7 Å². The van der Waals surface area contributed by atoms with Crippen molar-refractivity contribution in [1.82, 2.24) is 14.5 Å². The molecule has 0 aliphatic carbocycles. The van der Waals surface area contributed by atoms with Gasteiger partial charge in [0, 0.05) is 50.8 Å². The number of hydrogen-bond donors (Lipinski definition) is 1. The molecule has 4 rings (SSSR count). The van der Waals surface area contributed by atoms with Gasteiger partial charge in [0.2, 0.25) is 5.91 Å². The summed E-state index contributed by atoms with van der Waals surface area (Å²) in [5.74, 6) is 0.614. The maximum absolute atomic E-state index is 12.8. The van der Waals surface area contributed by atoms with Crippen molar-refractivity contribution >= 4 is 11.9 Å². The summed E-state index contributed by atoms with van der Waals surface area (Å²) in [4.78, 5) is 31.1. The summed E-state index contributed by atoms with van der Waals surface area (Å²) < 4.78 is 7.89. The number of likely N-dealkylation sites (tertiary alicyclic amines) is 1. The zero-order chi connectivity index (χ0) is 19.7. The highest BCUT2D eigenvalue weighted by Gasteiger charge is 2.55. The van der Waals surface area contributed by atoms with Crippen molar-refractivity contribution in [3.05, 3.63) is 48.0 Å². The van der Waals surface area contributed by atoms with Gasteiger partial charge in [-0.25, -0.2) is 4.98 Å². The Morgan fingerprint density at radius 3 is 2.96 bits per heavy atom. The first kappa shape index (κ1) is 18.5. The Hall–Kier alpha value is -2.83. The quantitative estimate of drug-likeness (QED) is 0.854. The Morgan fingerprint density at radius 1 is 1.36 bits per heavy atom. The molecule has 28 heavy (non-hydrogen) atoms. The van der Waals surface area contributed by atoms with E-state index in [0.29, 0.717) is 32.5 Å². The van der Waals surface area contributed by atoms with Gasteiger partial charge < -0.3 is 19.3 Å². The van der Waals surface area contributed by atoms with E-state index in [9.17, 15) is 14.7 Å². The SMILES string of the molecule is CCc1nccn1CCC(=O)N1C[C@H]2COc3ccccc3C[C@@]2(C(=O)O)C1. The van der Waals surface area contributed by atoms with Gasteiger partial charge in [-0.2, -0.15) is 0 Å². The van der Waals surface area contributed by atoms with E-state index in [4.69, 9.17) is 4.74 Å². The highest BCUT2D eigenvalue weighted by atomic mass is 16.5. The zero-order valence-electron chi connectivity index (χ0n) is 16.0. The summed E-state index contributed by atoms with van der Waals surface area (Å²) in [5.41, 5.74) is -0.0982. The lowest BCUT2D eigenvalue weighted by molar-refractivity contribution is -0.151. The molecular formula is C21H25N3O4. The first-order chi connectivity index (χ1) is 13.5. The number of nitrogens with zero attached hydrogens (tertiary/aromatic N) is 3. The lowest BCUT2D eigenvalue weighted by Crippen LogP contribution is -2.42. The highest BCUT2D eigenvalue weighted by Crippen LogP contribution is 2.44. The predicted molar refractivity (Wildman–Crippen MR) is 102 cm³/mol. The van der Waals surface area contributed by atoms with Crippen LogP contribution in [0.5, 0.6) is 5.75 Å². The zero-order valence-corrected chi connectivity index (χ0v) is 16.0. The predicted octanol–water partition coefficient (Wildman–Crippen LogP) is 2.00. The molecule has 2 aromatic rings. The highest BCUT2D eigenvalue weighted by molar-refractivity contribution is 5.81. The van der Waals surface area contributed by atoms with Crippen molar-refractivity contribution in [3.63, 3.8) is 0 Å². The number of ether oxygens (including phenoxy) is 1. The number of carbonyl (C=O) groups excluding carboxylic acids is 1. The fraction of sp³-hybridized carbons (Fsp3) is 0.476. The Bertz CT molecular complexity index is 893. The van der Waals surface area contributed by atoms with Crippen LogP contribution in [0.4, 0.5) is 0 Å². The number of aryl methyl sites for hydroxylation is 2. The molecular weight excluding hydrogens is 358 g/mol. The number of rotatable bonds is 5. The standard InChI is InChI=1S/C21H25N3O4/c1-2-18-22-8-10-23(18)9-7-19(25)24-12-16-13-28-17-6-4-3-5-15(17)11-21(16,14-24)20(26)27/h3-6,8,10,16H,2,7,9,11-14H2,1H3,(H,26,27)/t16-,21+/m0/s1. The van der Waals surface area contributed by atoms with E-state index in [-0.39, 0.29) is 18.4 Å². The topological polar surface area (TPSA) is 84.7 Å². The number of benzene rings is 1. The van der Waals surface area contributed by atoms with Crippen LogP contribution in [-0.2, 0) is 29.0 Å². The van der Waals surface area contributed by atoms with Gasteiger partial charge in [0.25, 0.3) is 0 Å². The number of carboxylic acid groups (broad SMARTS) is 1. The van der Waals surface area contributed by atoms with Crippen molar-refractivity contribution in [1.29, 1.82) is 0 Å². The van der Waals surface area contributed by atoms with Crippen LogP contribution in [0.2, 0.25) is 0 Å². The minimum absolute atomic E-state index is 0.0160. The van der Waals surface area contributed by atoms with Crippen LogP contribution in [0.15, 0.2) is 36.7 Å². The Kier molecular flexibility index (Phi) is 4.83. The molecule has 2 aliphatic heterocycles. The summed E-state index contributed by atoms with van der Waals surface area (Å²) in [5, 5.41) is 10.1. The molecule has 2 aliphatic rings. The van der Waals surface area contributed by atoms with Crippen molar-refractivity contribution in [2.75, 3.05) is 19.7 Å². The Labute approximate surface area is 163 Å². The molecule has 148 valence electrons. The Balaban J connectivity index is 1.50. The second kappa shape index (κ2) is 7.30. The van der Waals surface area contributed by atoms with Gasteiger partial charge in [0.1, 0.15) is 11.6 Å². The molecule has 7 heteroatoms. The van der Waals surface area contributed by atoms with Crippen LogP contribution >= 0.6 is 0 Å². The van der Waals surface area contributed by atoms with Gasteiger partial charge in [-0.05, 0) is 18.1 Å². The van der Waals surface area contributed by atoms with E-state index in [0.717, 1.165) is 23.6 Å². The van der Waals surface area contributed by atoms with Crippen LogP contribution < -0.4 is 4.74 Å². The second-order valence-electron chi connectivity index (χ2n) is 7.67. The normalized spacial score (nSPS) is 23.5. The van der Waals surface area contributed by atoms with E-state index < -0.39 is 11.4 Å². The third-order valence-electron chi connectivity index (χ3n) is 6.08. The maximum Gasteiger partial charge on any atom is 0.312 e. The van der Waals surface area contributed by atoms with Crippen LogP contribution in [-0.4, -0.2) is 51.1 Å². The lowest BCUT2D eigenvalue weighted by atomic mass is 9.74. The molecule has 1 aromatic carbocycles. The molecule has 0 spiro atoms. The minimum Gasteiger partial charge on any atom is -0.493 e. The number of para-hydroxylation sites is 1. The van der Waals surface area contributed by atoms with Gasteiger partial charge in [-0.15, -0.1) is 0 Å². The summed E-state index contributed by atoms with van der Waals surface area (Å²) >= 11 is 0. The van der Waals surface area contributed by atoms with Gasteiger partial charge >= 0.3 is 5.97 Å². The monoisotopic (exact) mass is 383 g/mol. The first-order valence-electron chi connectivity index (χ1n) is 9.75. The molecule has 2 atom stereocenters. The van der Waals surface area contributed by atoms with Crippen LogP contribution in [0, 0.1) is 11.3 Å². The molecule has 7 nitrogen and oxygen atoms in total. The summed E-state index contributed by atoms with van der Waals surface area (Å²) in [7, 11) is 0. The van der Waals surface area contributed by atoms with Gasteiger partial charge in [-0.3, -0.25) is 9.59 Å².